The first kappa shape index (κ1) is 17.9. The van der Waals surface area contributed by atoms with Crippen molar-refractivity contribution < 1.29 is 9.59 Å². The van der Waals surface area contributed by atoms with Gasteiger partial charge < -0.3 is 10.6 Å². The van der Waals surface area contributed by atoms with E-state index in [1.54, 1.807) is 0 Å². The summed E-state index contributed by atoms with van der Waals surface area (Å²) in [6.07, 6.45) is 2.73. The summed E-state index contributed by atoms with van der Waals surface area (Å²) in [6.45, 7) is 8.43. The summed E-state index contributed by atoms with van der Waals surface area (Å²) >= 11 is 1.53. The summed E-state index contributed by atoms with van der Waals surface area (Å²) in [5.74, 6) is 0.124. The number of nitrogens with one attached hydrogen (secondary N) is 2. The minimum atomic E-state index is -0.0989. The topological polar surface area (TPSA) is 61.4 Å². The number of hydrogen-bond donors (Lipinski definition) is 2. The van der Waals surface area contributed by atoms with Crippen LogP contribution in [0.4, 0.5) is 0 Å². The van der Waals surface area contributed by atoms with Gasteiger partial charge in [-0.2, -0.15) is 0 Å². The van der Waals surface area contributed by atoms with Crippen molar-refractivity contribution in [3.8, 4) is 0 Å². The van der Waals surface area contributed by atoms with Crippen molar-refractivity contribution in [2.24, 2.45) is 0 Å². The molecule has 2 N–H and O–H groups in total. The molecule has 1 aliphatic rings. The number of nitrogens with zero attached hydrogens (tertiary/aromatic N) is 1. The van der Waals surface area contributed by atoms with E-state index in [-0.39, 0.29) is 23.9 Å². The molecular formula is C17H27N3O2S. The summed E-state index contributed by atoms with van der Waals surface area (Å²) in [6, 6.07) is 3.95. The molecule has 0 saturated carbocycles. The number of amides is 2. The Kier molecular flexibility index (Phi) is 6.59. The fourth-order valence-corrected chi connectivity index (χ4v) is 3.58. The van der Waals surface area contributed by atoms with Gasteiger partial charge in [0.15, 0.2) is 0 Å². The molecule has 6 heteroatoms. The van der Waals surface area contributed by atoms with Crippen LogP contribution in [-0.2, 0) is 4.79 Å². The number of thiophene rings is 1. The minimum Gasteiger partial charge on any atom is -0.355 e. The zero-order valence-corrected chi connectivity index (χ0v) is 15.0. The Balaban J connectivity index is 1.77. The third-order valence-corrected chi connectivity index (χ3v) is 5.30. The van der Waals surface area contributed by atoms with Gasteiger partial charge in [0.05, 0.1) is 10.9 Å². The van der Waals surface area contributed by atoms with Crippen LogP contribution in [-0.4, -0.2) is 48.4 Å². The average Bonchev–Trinajstić information content (AvgIpc) is 2.99. The van der Waals surface area contributed by atoms with Crippen LogP contribution in [0, 0.1) is 6.92 Å². The van der Waals surface area contributed by atoms with Gasteiger partial charge in [-0.3, -0.25) is 14.5 Å². The van der Waals surface area contributed by atoms with Crippen molar-refractivity contribution in [1.82, 2.24) is 15.5 Å². The molecule has 0 unspecified atom stereocenters. The molecule has 2 rings (SSSR count). The highest BCUT2D eigenvalue weighted by atomic mass is 32.1. The molecule has 1 saturated heterocycles. The molecule has 0 spiro atoms. The normalized spacial score (nSPS) is 17.7. The molecule has 0 aliphatic carbocycles. The van der Waals surface area contributed by atoms with E-state index in [0.29, 0.717) is 0 Å². The Morgan fingerprint density at radius 2 is 2.04 bits per heavy atom. The van der Waals surface area contributed by atoms with Gasteiger partial charge in [0.1, 0.15) is 0 Å². The predicted molar refractivity (Wildman–Crippen MR) is 93.9 cm³/mol. The standard InChI is InChI=1S/C17H27N3O2S/c1-4-9-18-16(21)13(3)20-10-7-14(8-11-20)19-17(22)15-6-5-12(2)23-15/h5-6,13-14H,4,7-11H2,1-3H3,(H,18,21)(H,19,22)/t13-/m1/s1. The van der Waals surface area contributed by atoms with E-state index < -0.39 is 0 Å². The van der Waals surface area contributed by atoms with Gasteiger partial charge in [0.2, 0.25) is 5.91 Å². The first-order valence-electron chi connectivity index (χ1n) is 8.40. The summed E-state index contributed by atoms with van der Waals surface area (Å²) in [4.78, 5) is 28.3. The smallest absolute Gasteiger partial charge is 0.261 e. The van der Waals surface area contributed by atoms with Crippen LogP contribution < -0.4 is 10.6 Å². The van der Waals surface area contributed by atoms with Gasteiger partial charge in [0.25, 0.3) is 5.91 Å². The molecule has 23 heavy (non-hydrogen) atoms. The maximum atomic E-state index is 12.2. The Morgan fingerprint density at radius 3 is 2.61 bits per heavy atom. The molecule has 1 aliphatic heterocycles. The van der Waals surface area contributed by atoms with Crippen molar-refractivity contribution in [2.45, 2.75) is 52.1 Å². The van der Waals surface area contributed by atoms with Crippen LogP contribution in [0.15, 0.2) is 12.1 Å². The fourth-order valence-electron chi connectivity index (χ4n) is 2.81. The lowest BCUT2D eigenvalue weighted by Gasteiger charge is -2.35. The van der Waals surface area contributed by atoms with Crippen molar-refractivity contribution in [3.05, 3.63) is 21.9 Å². The molecule has 128 valence electrons. The predicted octanol–water partition coefficient (Wildman–Crippen LogP) is 2.17. The van der Waals surface area contributed by atoms with E-state index in [9.17, 15) is 9.59 Å². The van der Waals surface area contributed by atoms with E-state index >= 15 is 0 Å². The summed E-state index contributed by atoms with van der Waals surface area (Å²) in [5, 5.41) is 6.06. The van der Waals surface area contributed by atoms with E-state index in [4.69, 9.17) is 0 Å². The van der Waals surface area contributed by atoms with E-state index in [1.807, 2.05) is 32.9 Å². The molecule has 2 heterocycles. The van der Waals surface area contributed by atoms with Gasteiger partial charge in [-0.25, -0.2) is 0 Å². The molecule has 1 aromatic heterocycles. The lowest BCUT2D eigenvalue weighted by Crippen LogP contribution is -2.51. The Labute approximate surface area is 142 Å². The second kappa shape index (κ2) is 8.45. The highest BCUT2D eigenvalue weighted by Crippen LogP contribution is 2.17. The summed E-state index contributed by atoms with van der Waals surface area (Å²) in [5.41, 5.74) is 0. The number of likely N-dealkylation sites (tertiary alicyclic amines) is 1. The van der Waals surface area contributed by atoms with E-state index in [2.05, 4.69) is 15.5 Å². The number of hydrogen-bond acceptors (Lipinski definition) is 4. The number of carbonyl (C=O) groups excluding carboxylic acids is 2. The van der Waals surface area contributed by atoms with Crippen molar-refractivity contribution >= 4 is 23.2 Å². The van der Waals surface area contributed by atoms with Crippen molar-refractivity contribution in [3.63, 3.8) is 0 Å². The van der Waals surface area contributed by atoms with Crippen LogP contribution in [0.1, 0.15) is 47.7 Å². The Hall–Kier alpha value is -1.40. The van der Waals surface area contributed by atoms with Crippen molar-refractivity contribution in [2.75, 3.05) is 19.6 Å². The average molecular weight is 337 g/mol. The second-order valence-electron chi connectivity index (χ2n) is 6.16. The fraction of sp³-hybridized carbons (Fsp3) is 0.647. The molecule has 0 bridgehead atoms. The van der Waals surface area contributed by atoms with Gasteiger partial charge in [-0.1, -0.05) is 6.92 Å². The van der Waals surface area contributed by atoms with Gasteiger partial charge >= 0.3 is 0 Å². The molecule has 0 radical (unpaired) electrons. The molecular weight excluding hydrogens is 310 g/mol. The molecule has 1 aromatic rings. The molecule has 2 amide bonds. The van der Waals surface area contributed by atoms with Gasteiger partial charge in [-0.05, 0) is 45.2 Å². The van der Waals surface area contributed by atoms with E-state index in [0.717, 1.165) is 48.7 Å². The van der Waals surface area contributed by atoms with Gasteiger partial charge in [-0.15, -0.1) is 11.3 Å². The van der Waals surface area contributed by atoms with E-state index in [1.165, 1.54) is 11.3 Å². The third kappa shape index (κ3) is 5.04. The minimum absolute atomic E-state index is 0.0234. The Morgan fingerprint density at radius 1 is 1.35 bits per heavy atom. The molecule has 0 aromatic carbocycles. The van der Waals surface area contributed by atoms with Crippen LogP contribution in [0.5, 0.6) is 0 Å². The quantitative estimate of drug-likeness (QED) is 0.836. The molecule has 1 atom stereocenters. The van der Waals surface area contributed by atoms with Crippen LogP contribution in [0.25, 0.3) is 0 Å². The second-order valence-corrected chi connectivity index (χ2v) is 7.45. The molecule has 1 fully saturated rings. The Bertz CT molecular complexity index is 536. The number of carbonyl (C=O) groups is 2. The van der Waals surface area contributed by atoms with Gasteiger partial charge in [0, 0.05) is 30.6 Å². The zero-order valence-electron chi connectivity index (χ0n) is 14.2. The number of piperidine rings is 1. The maximum Gasteiger partial charge on any atom is 0.261 e. The van der Waals surface area contributed by atoms with Crippen LogP contribution >= 0.6 is 11.3 Å². The number of rotatable bonds is 6. The lowest BCUT2D eigenvalue weighted by molar-refractivity contribution is -0.126. The van der Waals surface area contributed by atoms with Crippen LogP contribution in [0.3, 0.4) is 0 Å². The highest BCUT2D eigenvalue weighted by molar-refractivity contribution is 7.13. The van der Waals surface area contributed by atoms with Crippen molar-refractivity contribution in [1.29, 1.82) is 0 Å². The largest absolute Gasteiger partial charge is 0.355 e. The molecule has 5 nitrogen and oxygen atoms in total. The zero-order chi connectivity index (χ0) is 16.8. The van der Waals surface area contributed by atoms with Crippen LogP contribution in [0.2, 0.25) is 0 Å². The maximum absolute atomic E-state index is 12.2. The highest BCUT2D eigenvalue weighted by Gasteiger charge is 2.27. The summed E-state index contributed by atoms with van der Waals surface area (Å²) in [7, 11) is 0. The lowest BCUT2D eigenvalue weighted by atomic mass is 10.0. The third-order valence-electron chi connectivity index (χ3n) is 4.31. The monoisotopic (exact) mass is 337 g/mol. The SMILES string of the molecule is CCCNC(=O)[C@@H](C)N1CCC(NC(=O)c2ccc(C)s2)CC1. The first-order chi connectivity index (χ1) is 11.0. The number of aryl methyl sites for hydroxylation is 1. The first-order valence-corrected chi connectivity index (χ1v) is 9.22. The summed E-state index contributed by atoms with van der Waals surface area (Å²) < 4.78 is 0.